The molecule has 0 fully saturated rings. The van der Waals surface area contributed by atoms with E-state index in [1.165, 1.54) is 0 Å². The average molecular weight is 232 g/mol. The van der Waals surface area contributed by atoms with Gasteiger partial charge in [0.25, 0.3) is 0 Å². The van der Waals surface area contributed by atoms with Crippen LogP contribution in [0.3, 0.4) is 0 Å². The van der Waals surface area contributed by atoms with E-state index in [1.807, 2.05) is 20.0 Å². The summed E-state index contributed by atoms with van der Waals surface area (Å²) in [6, 6.07) is 3.95. The molecule has 1 aromatic rings. The van der Waals surface area contributed by atoms with Crippen molar-refractivity contribution in [2.24, 2.45) is 0 Å². The minimum absolute atomic E-state index is 0.0889. The Kier molecular flexibility index (Phi) is 2.60. The van der Waals surface area contributed by atoms with Gasteiger partial charge in [-0.1, -0.05) is 29.3 Å². The van der Waals surface area contributed by atoms with Gasteiger partial charge in [-0.3, -0.25) is 0 Å². The summed E-state index contributed by atoms with van der Waals surface area (Å²) in [5.41, 5.74) is 1.08. The molecule has 2 atom stereocenters. The Morgan fingerprint density at radius 3 is 2.71 bits per heavy atom. The molecule has 76 valence electrons. The van der Waals surface area contributed by atoms with Crippen molar-refractivity contribution >= 4 is 23.2 Å². The number of hydrogen-bond donors (Lipinski definition) is 1. The van der Waals surface area contributed by atoms with E-state index >= 15 is 0 Å². The van der Waals surface area contributed by atoms with Crippen LogP contribution in [0.15, 0.2) is 12.1 Å². The molecule has 1 N–H and O–H groups in total. The van der Waals surface area contributed by atoms with Crippen LogP contribution in [-0.2, 0) is 0 Å². The molecule has 0 aromatic heterocycles. The Balaban J connectivity index is 2.52. The summed E-state index contributed by atoms with van der Waals surface area (Å²) in [4.78, 5) is 0. The number of fused-ring (bicyclic) bond motifs is 1. The van der Waals surface area contributed by atoms with E-state index in [0.717, 1.165) is 5.56 Å². The van der Waals surface area contributed by atoms with Crippen LogP contribution in [0.2, 0.25) is 10.0 Å². The normalized spacial score (nSPS) is 24.6. The Labute approximate surface area is 93.2 Å². The monoisotopic (exact) mass is 231 g/mol. The van der Waals surface area contributed by atoms with Crippen LogP contribution in [0, 0.1) is 0 Å². The molecule has 0 amide bonds. The maximum absolute atomic E-state index is 6.04. The molecular formula is C10H11Cl2NO. The van der Waals surface area contributed by atoms with Gasteiger partial charge in [-0.05, 0) is 20.0 Å². The molecule has 1 aliphatic heterocycles. The third kappa shape index (κ3) is 1.38. The maximum Gasteiger partial charge on any atom is 0.144 e. The zero-order valence-electron chi connectivity index (χ0n) is 7.97. The minimum atomic E-state index is 0.0889. The molecule has 14 heavy (non-hydrogen) atoms. The van der Waals surface area contributed by atoms with Crippen LogP contribution in [0.4, 0.5) is 0 Å². The average Bonchev–Trinajstić information content (AvgIpc) is 2.49. The lowest BCUT2D eigenvalue weighted by Crippen LogP contribution is -2.25. The smallest absolute Gasteiger partial charge is 0.144 e. The Hall–Kier alpha value is -0.440. The van der Waals surface area contributed by atoms with Gasteiger partial charge >= 0.3 is 0 Å². The highest BCUT2D eigenvalue weighted by Crippen LogP contribution is 2.44. The quantitative estimate of drug-likeness (QED) is 0.803. The van der Waals surface area contributed by atoms with Crippen LogP contribution < -0.4 is 10.1 Å². The van der Waals surface area contributed by atoms with Crippen LogP contribution in [0.25, 0.3) is 0 Å². The fourth-order valence-electron chi connectivity index (χ4n) is 1.81. The first-order valence-corrected chi connectivity index (χ1v) is 5.22. The molecule has 2 rings (SSSR count). The number of hydrogen-bond acceptors (Lipinski definition) is 2. The molecular weight excluding hydrogens is 221 g/mol. The van der Waals surface area contributed by atoms with Crippen LogP contribution in [0.1, 0.15) is 18.5 Å². The van der Waals surface area contributed by atoms with Crippen molar-refractivity contribution in [3.05, 3.63) is 27.7 Å². The van der Waals surface area contributed by atoms with E-state index in [2.05, 4.69) is 5.32 Å². The summed E-state index contributed by atoms with van der Waals surface area (Å²) in [5, 5.41) is 4.23. The van der Waals surface area contributed by atoms with Crippen LogP contribution in [-0.4, -0.2) is 13.2 Å². The van der Waals surface area contributed by atoms with Gasteiger partial charge in [-0.25, -0.2) is 0 Å². The summed E-state index contributed by atoms with van der Waals surface area (Å²) in [5.74, 6) is 0.714. The van der Waals surface area contributed by atoms with Gasteiger partial charge in [0.2, 0.25) is 0 Å². The molecule has 0 spiro atoms. The van der Waals surface area contributed by atoms with Crippen molar-refractivity contribution in [3.63, 3.8) is 0 Å². The summed E-state index contributed by atoms with van der Waals surface area (Å²) in [7, 11) is 1.90. The summed E-state index contributed by atoms with van der Waals surface area (Å²) in [6.45, 7) is 2.01. The molecule has 4 heteroatoms. The minimum Gasteiger partial charge on any atom is -0.487 e. The molecule has 1 aliphatic rings. The predicted molar refractivity (Wildman–Crippen MR) is 58.4 cm³/mol. The first kappa shape index (κ1) is 10.1. The number of rotatable bonds is 1. The van der Waals surface area contributed by atoms with Crippen molar-refractivity contribution in [2.75, 3.05) is 7.05 Å². The maximum atomic E-state index is 6.04. The van der Waals surface area contributed by atoms with Crippen molar-refractivity contribution in [1.29, 1.82) is 0 Å². The number of nitrogens with one attached hydrogen (secondary N) is 1. The van der Waals surface area contributed by atoms with E-state index in [4.69, 9.17) is 27.9 Å². The van der Waals surface area contributed by atoms with E-state index in [1.54, 1.807) is 6.07 Å². The van der Waals surface area contributed by atoms with Gasteiger partial charge in [-0.15, -0.1) is 0 Å². The zero-order valence-corrected chi connectivity index (χ0v) is 9.49. The molecule has 0 bridgehead atoms. The van der Waals surface area contributed by atoms with Gasteiger partial charge in [0.05, 0.1) is 11.1 Å². The predicted octanol–water partition coefficient (Wildman–Crippen LogP) is 3.03. The summed E-state index contributed by atoms with van der Waals surface area (Å²) >= 11 is 11.9. The Bertz CT molecular complexity index is 367. The number of ether oxygens (including phenoxy) is 1. The Morgan fingerprint density at radius 1 is 1.36 bits per heavy atom. The van der Waals surface area contributed by atoms with E-state index in [9.17, 15) is 0 Å². The van der Waals surface area contributed by atoms with Crippen molar-refractivity contribution in [3.8, 4) is 5.75 Å². The van der Waals surface area contributed by atoms with Crippen molar-refractivity contribution in [1.82, 2.24) is 5.32 Å². The number of benzene rings is 1. The highest BCUT2D eigenvalue weighted by Gasteiger charge is 2.32. The fraction of sp³-hybridized carbons (Fsp3) is 0.400. The van der Waals surface area contributed by atoms with Gasteiger partial charge < -0.3 is 10.1 Å². The van der Waals surface area contributed by atoms with Crippen molar-refractivity contribution < 1.29 is 4.74 Å². The summed E-state index contributed by atoms with van der Waals surface area (Å²) < 4.78 is 5.64. The molecule has 2 unspecified atom stereocenters. The SMILES string of the molecule is CNC1c2ccc(Cl)c(Cl)c2OC1C. The van der Waals surface area contributed by atoms with Crippen LogP contribution in [0.5, 0.6) is 5.75 Å². The second-order valence-electron chi connectivity index (χ2n) is 3.37. The molecule has 2 nitrogen and oxygen atoms in total. The molecule has 1 aromatic carbocycles. The van der Waals surface area contributed by atoms with E-state index in [-0.39, 0.29) is 12.1 Å². The van der Waals surface area contributed by atoms with E-state index < -0.39 is 0 Å². The lowest BCUT2D eigenvalue weighted by atomic mass is 10.1. The zero-order chi connectivity index (χ0) is 10.3. The number of likely N-dealkylation sites (N-methyl/N-ethyl adjacent to an activating group) is 1. The van der Waals surface area contributed by atoms with Gasteiger partial charge in [0, 0.05) is 5.56 Å². The molecule has 0 saturated heterocycles. The lowest BCUT2D eigenvalue weighted by Gasteiger charge is -2.12. The van der Waals surface area contributed by atoms with Crippen molar-refractivity contribution in [2.45, 2.75) is 19.1 Å². The largest absolute Gasteiger partial charge is 0.487 e. The highest BCUT2D eigenvalue weighted by atomic mass is 35.5. The summed E-state index contributed by atoms with van der Waals surface area (Å²) in [6.07, 6.45) is 0.0889. The van der Waals surface area contributed by atoms with Gasteiger partial charge in [0.1, 0.15) is 16.9 Å². The molecule has 0 radical (unpaired) electrons. The topological polar surface area (TPSA) is 21.3 Å². The first-order valence-electron chi connectivity index (χ1n) is 4.47. The highest BCUT2D eigenvalue weighted by molar-refractivity contribution is 6.43. The second kappa shape index (κ2) is 3.61. The fourth-order valence-corrected chi connectivity index (χ4v) is 2.17. The first-order chi connectivity index (χ1) is 6.65. The molecule has 1 heterocycles. The third-order valence-electron chi connectivity index (χ3n) is 2.50. The lowest BCUT2D eigenvalue weighted by molar-refractivity contribution is 0.214. The standard InChI is InChI=1S/C10H11Cl2NO/c1-5-9(13-2)6-3-4-7(11)8(12)10(6)14-5/h3-5,9,13H,1-2H3. The van der Waals surface area contributed by atoms with E-state index in [0.29, 0.717) is 15.8 Å². The van der Waals surface area contributed by atoms with Gasteiger partial charge in [0.15, 0.2) is 0 Å². The number of halogens is 2. The molecule has 0 aliphatic carbocycles. The Morgan fingerprint density at radius 2 is 2.07 bits per heavy atom. The third-order valence-corrected chi connectivity index (χ3v) is 3.29. The molecule has 0 saturated carbocycles. The van der Waals surface area contributed by atoms with Gasteiger partial charge in [-0.2, -0.15) is 0 Å². The van der Waals surface area contributed by atoms with Crippen LogP contribution >= 0.6 is 23.2 Å². The second-order valence-corrected chi connectivity index (χ2v) is 4.15.